The Balaban J connectivity index is 0.00000140. The van der Waals surface area contributed by atoms with Crippen LogP contribution in [0.25, 0.3) is 11.4 Å². The van der Waals surface area contributed by atoms with Crippen LogP contribution in [0.1, 0.15) is 23.0 Å². The Bertz CT molecular complexity index is 928. The predicted octanol–water partition coefficient (Wildman–Crippen LogP) is 3.14. The lowest BCUT2D eigenvalue weighted by atomic mass is 10.0. The number of nitrogens with two attached hydrogens (primary N) is 1. The summed E-state index contributed by atoms with van der Waals surface area (Å²) in [6.45, 7) is 3.71. The van der Waals surface area contributed by atoms with E-state index in [1.165, 1.54) is 0 Å². The van der Waals surface area contributed by atoms with Gasteiger partial charge in [0.2, 0.25) is 5.91 Å². The van der Waals surface area contributed by atoms with Gasteiger partial charge in [0.1, 0.15) is 6.04 Å². The molecule has 0 fully saturated rings. The molecule has 1 aliphatic heterocycles. The molecule has 0 aliphatic carbocycles. The van der Waals surface area contributed by atoms with E-state index < -0.39 is 6.04 Å². The maximum atomic E-state index is 12.8. The van der Waals surface area contributed by atoms with E-state index in [1.807, 2.05) is 61.5 Å². The lowest BCUT2D eigenvalue weighted by molar-refractivity contribution is -0.134. The molecule has 1 unspecified atom stereocenters. The highest BCUT2D eigenvalue weighted by atomic mass is 35.5. The summed E-state index contributed by atoms with van der Waals surface area (Å²) in [6, 6.07) is 17.1. The monoisotopic (exact) mass is 419 g/mol. The van der Waals surface area contributed by atoms with Crippen LogP contribution in [-0.4, -0.2) is 32.1 Å². The first-order valence-electron chi connectivity index (χ1n) is 8.72. The highest BCUT2D eigenvalue weighted by molar-refractivity contribution is 5.85. The smallest absolute Gasteiger partial charge is 0.244 e. The zero-order valence-electron chi connectivity index (χ0n) is 15.5. The molecule has 1 atom stereocenters. The number of halogens is 2. The number of nitrogens with zero attached hydrogens (tertiary/aromatic N) is 4. The van der Waals surface area contributed by atoms with Crippen LogP contribution in [0.15, 0.2) is 54.6 Å². The van der Waals surface area contributed by atoms with Crippen molar-refractivity contribution in [1.29, 1.82) is 0 Å². The Morgan fingerprint density at radius 1 is 1.00 bits per heavy atom. The molecule has 8 heteroatoms. The quantitative estimate of drug-likeness (QED) is 0.706. The number of carbonyl (C=O) groups excluding carboxylic acids is 1. The number of benzene rings is 2. The normalized spacial score (nSPS) is 13.7. The molecule has 2 N–H and O–H groups in total. The molecule has 28 heavy (non-hydrogen) atoms. The fraction of sp³-hybridized carbons (Fsp3) is 0.250. The topological polar surface area (TPSA) is 77.0 Å². The van der Waals surface area contributed by atoms with Crippen molar-refractivity contribution in [3.8, 4) is 11.4 Å². The van der Waals surface area contributed by atoms with Crippen molar-refractivity contribution < 1.29 is 4.79 Å². The molecule has 1 aromatic heterocycles. The molecular weight excluding hydrogens is 397 g/mol. The zero-order chi connectivity index (χ0) is 18.1. The summed E-state index contributed by atoms with van der Waals surface area (Å²) in [5.41, 5.74) is 9.21. The second-order valence-electron chi connectivity index (χ2n) is 6.61. The van der Waals surface area contributed by atoms with Gasteiger partial charge >= 0.3 is 0 Å². The van der Waals surface area contributed by atoms with Crippen molar-refractivity contribution in [1.82, 2.24) is 19.7 Å². The van der Waals surface area contributed by atoms with Gasteiger partial charge in [0.25, 0.3) is 0 Å². The minimum absolute atomic E-state index is 0. The Morgan fingerprint density at radius 3 is 2.36 bits per heavy atom. The maximum Gasteiger partial charge on any atom is 0.244 e. The average Bonchev–Trinajstić information content (AvgIpc) is 3.11. The first-order valence-corrected chi connectivity index (χ1v) is 8.72. The number of aromatic nitrogens is 3. The van der Waals surface area contributed by atoms with E-state index in [4.69, 9.17) is 5.73 Å². The number of aryl methyl sites for hydroxylation is 1. The molecule has 148 valence electrons. The third kappa shape index (κ3) is 4.19. The SMILES string of the molecule is Cc1ccc(C(N)C(=O)N2CCn3c(nnc3-c3ccccc3)C2)cc1.Cl.Cl. The molecule has 4 rings (SSSR count). The molecule has 0 bridgehead atoms. The Hall–Kier alpha value is -2.41. The number of hydrogen-bond acceptors (Lipinski definition) is 4. The summed E-state index contributed by atoms with van der Waals surface area (Å²) in [6.07, 6.45) is 0. The zero-order valence-corrected chi connectivity index (χ0v) is 17.1. The van der Waals surface area contributed by atoms with Crippen LogP contribution in [0.4, 0.5) is 0 Å². The molecule has 2 aromatic carbocycles. The Morgan fingerprint density at radius 2 is 1.68 bits per heavy atom. The summed E-state index contributed by atoms with van der Waals surface area (Å²) in [4.78, 5) is 14.6. The summed E-state index contributed by atoms with van der Waals surface area (Å²) in [5.74, 6) is 1.56. The fourth-order valence-electron chi connectivity index (χ4n) is 3.26. The first kappa shape index (κ1) is 21.9. The van der Waals surface area contributed by atoms with Crippen molar-refractivity contribution in [2.75, 3.05) is 6.54 Å². The van der Waals surface area contributed by atoms with Crippen molar-refractivity contribution in [2.24, 2.45) is 5.73 Å². The predicted molar refractivity (Wildman–Crippen MR) is 113 cm³/mol. The van der Waals surface area contributed by atoms with Crippen LogP contribution in [0, 0.1) is 6.92 Å². The first-order chi connectivity index (χ1) is 12.6. The summed E-state index contributed by atoms with van der Waals surface area (Å²) in [5, 5.41) is 8.61. The molecule has 3 aromatic rings. The molecular formula is C20H23Cl2N5O. The van der Waals surface area contributed by atoms with Gasteiger partial charge in [-0.05, 0) is 12.5 Å². The van der Waals surface area contributed by atoms with Crippen LogP contribution >= 0.6 is 24.8 Å². The molecule has 1 aliphatic rings. The molecule has 0 saturated heterocycles. The Kier molecular flexibility index (Phi) is 7.18. The van der Waals surface area contributed by atoms with Crippen molar-refractivity contribution in [3.05, 3.63) is 71.5 Å². The van der Waals surface area contributed by atoms with Crippen LogP contribution in [-0.2, 0) is 17.9 Å². The minimum Gasteiger partial charge on any atom is -0.332 e. The van der Waals surface area contributed by atoms with Gasteiger partial charge in [-0.25, -0.2) is 0 Å². The van der Waals surface area contributed by atoms with Gasteiger partial charge in [-0.2, -0.15) is 0 Å². The van der Waals surface area contributed by atoms with Gasteiger partial charge in [0.15, 0.2) is 11.6 Å². The van der Waals surface area contributed by atoms with Crippen LogP contribution in [0.3, 0.4) is 0 Å². The second kappa shape index (κ2) is 9.19. The average molecular weight is 420 g/mol. The van der Waals surface area contributed by atoms with E-state index in [-0.39, 0.29) is 30.7 Å². The van der Waals surface area contributed by atoms with Crippen LogP contribution in [0.5, 0.6) is 0 Å². The maximum absolute atomic E-state index is 12.8. The summed E-state index contributed by atoms with van der Waals surface area (Å²) >= 11 is 0. The molecule has 0 spiro atoms. The van der Waals surface area contributed by atoms with Crippen molar-refractivity contribution in [2.45, 2.75) is 26.1 Å². The van der Waals surface area contributed by atoms with E-state index in [9.17, 15) is 4.79 Å². The summed E-state index contributed by atoms with van der Waals surface area (Å²) < 4.78 is 2.08. The number of hydrogen-bond donors (Lipinski definition) is 1. The molecule has 0 saturated carbocycles. The van der Waals surface area contributed by atoms with Crippen LogP contribution < -0.4 is 5.73 Å². The number of fused-ring (bicyclic) bond motifs is 1. The van der Waals surface area contributed by atoms with Gasteiger partial charge in [0.05, 0.1) is 6.54 Å². The fourth-order valence-corrected chi connectivity index (χ4v) is 3.26. The number of rotatable bonds is 3. The molecule has 0 radical (unpaired) electrons. The van der Waals surface area contributed by atoms with E-state index in [0.717, 1.165) is 28.3 Å². The van der Waals surface area contributed by atoms with Crippen LogP contribution in [0.2, 0.25) is 0 Å². The van der Waals surface area contributed by atoms with Gasteiger partial charge in [-0.1, -0.05) is 60.2 Å². The van der Waals surface area contributed by atoms with Gasteiger partial charge in [-0.3, -0.25) is 4.79 Å². The van der Waals surface area contributed by atoms with E-state index >= 15 is 0 Å². The van der Waals surface area contributed by atoms with Gasteiger partial charge in [0, 0.05) is 18.7 Å². The largest absolute Gasteiger partial charge is 0.332 e. The van der Waals surface area contributed by atoms with Crippen molar-refractivity contribution in [3.63, 3.8) is 0 Å². The summed E-state index contributed by atoms with van der Waals surface area (Å²) in [7, 11) is 0. The van der Waals surface area contributed by atoms with E-state index in [2.05, 4.69) is 14.8 Å². The molecule has 6 nitrogen and oxygen atoms in total. The lowest BCUT2D eigenvalue weighted by Gasteiger charge is -2.30. The molecule has 2 heterocycles. The Labute approximate surface area is 176 Å². The minimum atomic E-state index is -0.654. The van der Waals surface area contributed by atoms with E-state index in [0.29, 0.717) is 19.6 Å². The highest BCUT2D eigenvalue weighted by Gasteiger charge is 2.28. The molecule has 1 amide bonds. The standard InChI is InChI=1S/C20H21N5O.2ClH/c1-14-7-9-15(10-8-14)18(21)20(26)24-11-12-25-17(13-24)22-23-19(25)16-5-3-2-4-6-16;;/h2-10,18H,11-13,21H2,1H3;2*1H. The third-order valence-corrected chi connectivity index (χ3v) is 4.80. The number of carbonyl (C=O) groups is 1. The van der Waals surface area contributed by atoms with Gasteiger partial charge < -0.3 is 15.2 Å². The van der Waals surface area contributed by atoms with Crippen molar-refractivity contribution >= 4 is 30.7 Å². The number of amides is 1. The lowest BCUT2D eigenvalue weighted by Crippen LogP contribution is -2.43. The second-order valence-corrected chi connectivity index (χ2v) is 6.61. The third-order valence-electron chi connectivity index (χ3n) is 4.80. The van der Waals surface area contributed by atoms with E-state index in [1.54, 1.807) is 4.90 Å². The highest BCUT2D eigenvalue weighted by Crippen LogP contribution is 2.23. The van der Waals surface area contributed by atoms with Gasteiger partial charge in [-0.15, -0.1) is 35.0 Å².